The first-order chi connectivity index (χ1) is 5.75. The number of halogens is 1. The number of nitrogens with zero attached hydrogens (tertiary/aromatic N) is 1. The maximum atomic E-state index is 13.0. The molecule has 0 bridgehead atoms. The third-order valence-electron chi connectivity index (χ3n) is 1.60. The van der Waals surface area contributed by atoms with E-state index < -0.39 is 0 Å². The molecule has 1 aromatic heterocycles. The lowest BCUT2D eigenvalue weighted by molar-refractivity contribution is 0.616. The molecule has 2 nitrogen and oxygen atoms in total. The summed E-state index contributed by atoms with van der Waals surface area (Å²) in [7, 11) is 0. The number of hydrogen-bond acceptors (Lipinski definition) is 2. The van der Waals surface area contributed by atoms with E-state index in [9.17, 15) is 4.39 Å². The molecule has 0 amide bonds. The van der Waals surface area contributed by atoms with Crippen LogP contribution in [0.3, 0.4) is 0 Å². The standard InChI is InChI=1S/C9H11FN2/c1-7(2-4-11)8-3-5-12-6-9(8)10/h3,5-6H,1-2,4,11H2. The molecule has 64 valence electrons. The van der Waals surface area contributed by atoms with Gasteiger partial charge in [-0.1, -0.05) is 6.58 Å². The first-order valence-electron chi connectivity index (χ1n) is 3.73. The van der Waals surface area contributed by atoms with E-state index in [0.717, 1.165) is 5.57 Å². The fourth-order valence-electron chi connectivity index (χ4n) is 0.971. The molecule has 0 radical (unpaired) electrons. The van der Waals surface area contributed by atoms with Gasteiger partial charge in [0.1, 0.15) is 5.82 Å². The Kier molecular flexibility index (Phi) is 2.94. The van der Waals surface area contributed by atoms with Crippen LogP contribution < -0.4 is 5.73 Å². The van der Waals surface area contributed by atoms with E-state index in [4.69, 9.17) is 5.73 Å². The summed E-state index contributed by atoms with van der Waals surface area (Å²) >= 11 is 0. The highest BCUT2D eigenvalue weighted by atomic mass is 19.1. The Morgan fingerprint density at radius 1 is 1.67 bits per heavy atom. The Labute approximate surface area is 70.9 Å². The quantitative estimate of drug-likeness (QED) is 0.740. The van der Waals surface area contributed by atoms with Gasteiger partial charge >= 0.3 is 0 Å². The summed E-state index contributed by atoms with van der Waals surface area (Å²) in [5.41, 5.74) is 6.55. The SMILES string of the molecule is C=C(CCN)c1ccncc1F. The fraction of sp³-hybridized carbons (Fsp3) is 0.222. The molecule has 0 aromatic carbocycles. The molecular weight excluding hydrogens is 155 g/mol. The largest absolute Gasteiger partial charge is 0.330 e. The van der Waals surface area contributed by atoms with Crippen LogP contribution in [-0.2, 0) is 0 Å². The highest BCUT2D eigenvalue weighted by molar-refractivity contribution is 5.63. The maximum absolute atomic E-state index is 13.0. The van der Waals surface area contributed by atoms with Crippen molar-refractivity contribution in [2.24, 2.45) is 5.73 Å². The van der Waals surface area contributed by atoms with E-state index in [1.807, 2.05) is 0 Å². The molecule has 0 unspecified atom stereocenters. The molecule has 0 fully saturated rings. The van der Waals surface area contributed by atoms with Crippen molar-refractivity contribution in [3.8, 4) is 0 Å². The van der Waals surface area contributed by atoms with Gasteiger partial charge in [-0.25, -0.2) is 4.39 Å². The molecule has 3 heteroatoms. The monoisotopic (exact) mass is 166 g/mol. The van der Waals surface area contributed by atoms with Crippen LogP contribution >= 0.6 is 0 Å². The summed E-state index contributed by atoms with van der Waals surface area (Å²) < 4.78 is 13.0. The number of rotatable bonds is 3. The van der Waals surface area contributed by atoms with Crippen molar-refractivity contribution in [2.45, 2.75) is 6.42 Å². The summed E-state index contributed by atoms with van der Waals surface area (Å²) in [6.45, 7) is 4.21. The van der Waals surface area contributed by atoms with E-state index in [1.165, 1.54) is 6.20 Å². The number of pyridine rings is 1. The molecule has 0 aliphatic rings. The molecule has 0 spiro atoms. The first-order valence-corrected chi connectivity index (χ1v) is 3.73. The molecule has 0 aliphatic heterocycles. The Bertz CT molecular complexity index is 284. The van der Waals surface area contributed by atoms with Crippen LogP contribution in [0.1, 0.15) is 12.0 Å². The van der Waals surface area contributed by atoms with Crippen LogP contribution in [0.4, 0.5) is 4.39 Å². The molecule has 0 atom stereocenters. The van der Waals surface area contributed by atoms with Gasteiger partial charge in [-0.05, 0) is 24.6 Å². The van der Waals surface area contributed by atoms with Gasteiger partial charge in [-0.15, -0.1) is 0 Å². The van der Waals surface area contributed by atoms with Gasteiger partial charge < -0.3 is 5.73 Å². The van der Waals surface area contributed by atoms with Crippen molar-refractivity contribution in [1.82, 2.24) is 4.98 Å². The van der Waals surface area contributed by atoms with Crippen LogP contribution in [0, 0.1) is 5.82 Å². The zero-order valence-corrected chi connectivity index (χ0v) is 6.76. The Hall–Kier alpha value is -1.22. The molecular formula is C9H11FN2. The van der Waals surface area contributed by atoms with Gasteiger partial charge in [0.25, 0.3) is 0 Å². The van der Waals surface area contributed by atoms with Crippen LogP contribution in [-0.4, -0.2) is 11.5 Å². The van der Waals surface area contributed by atoms with E-state index >= 15 is 0 Å². The summed E-state index contributed by atoms with van der Waals surface area (Å²) in [6, 6.07) is 1.60. The topological polar surface area (TPSA) is 38.9 Å². The van der Waals surface area contributed by atoms with Crippen molar-refractivity contribution < 1.29 is 4.39 Å². The average molecular weight is 166 g/mol. The van der Waals surface area contributed by atoms with E-state index in [1.54, 1.807) is 12.3 Å². The van der Waals surface area contributed by atoms with Crippen LogP contribution in [0.5, 0.6) is 0 Å². The molecule has 1 rings (SSSR count). The number of hydrogen-bond donors (Lipinski definition) is 1. The highest BCUT2D eigenvalue weighted by Crippen LogP contribution is 2.17. The highest BCUT2D eigenvalue weighted by Gasteiger charge is 2.03. The molecule has 12 heavy (non-hydrogen) atoms. The predicted octanol–water partition coefficient (Wildman–Crippen LogP) is 1.58. The van der Waals surface area contributed by atoms with Crippen molar-refractivity contribution in [3.63, 3.8) is 0 Å². The lowest BCUT2D eigenvalue weighted by atomic mass is 10.1. The van der Waals surface area contributed by atoms with Crippen LogP contribution in [0.15, 0.2) is 25.0 Å². The van der Waals surface area contributed by atoms with Gasteiger partial charge in [0, 0.05) is 11.8 Å². The zero-order chi connectivity index (χ0) is 8.97. The lowest BCUT2D eigenvalue weighted by Crippen LogP contribution is -2.00. The maximum Gasteiger partial charge on any atom is 0.148 e. The summed E-state index contributed by atoms with van der Waals surface area (Å²) in [5, 5.41) is 0. The minimum atomic E-state index is -0.337. The van der Waals surface area contributed by atoms with Gasteiger partial charge in [-0.2, -0.15) is 0 Å². The van der Waals surface area contributed by atoms with Gasteiger partial charge in [0.15, 0.2) is 0 Å². The van der Waals surface area contributed by atoms with Gasteiger partial charge in [-0.3, -0.25) is 4.98 Å². The summed E-state index contributed by atoms with van der Waals surface area (Å²) in [4.78, 5) is 3.64. The van der Waals surface area contributed by atoms with Crippen molar-refractivity contribution in [2.75, 3.05) is 6.54 Å². The second-order valence-electron chi connectivity index (χ2n) is 2.50. The van der Waals surface area contributed by atoms with Crippen molar-refractivity contribution in [3.05, 3.63) is 36.4 Å². The first kappa shape index (κ1) is 8.87. The molecule has 0 saturated carbocycles. The molecule has 2 N–H and O–H groups in total. The Morgan fingerprint density at radius 3 is 3.00 bits per heavy atom. The van der Waals surface area contributed by atoms with Gasteiger partial charge in [0.2, 0.25) is 0 Å². The molecule has 0 aliphatic carbocycles. The Balaban J connectivity index is 2.87. The van der Waals surface area contributed by atoms with E-state index in [-0.39, 0.29) is 5.82 Å². The third kappa shape index (κ3) is 1.89. The smallest absolute Gasteiger partial charge is 0.148 e. The van der Waals surface area contributed by atoms with E-state index in [2.05, 4.69) is 11.6 Å². The third-order valence-corrected chi connectivity index (χ3v) is 1.60. The fourth-order valence-corrected chi connectivity index (χ4v) is 0.971. The minimum absolute atomic E-state index is 0.337. The van der Waals surface area contributed by atoms with Crippen molar-refractivity contribution >= 4 is 5.57 Å². The molecule has 1 heterocycles. The normalized spacial score (nSPS) is 9.83. The lowest BCUT2D eigenvalue weighted by Gasteiger charge is -2.03. The average Bonchev–Trinajstić information content (AvgIpc) is 2.05. The van der Waals surface area contributed by atoms with Crippen molar-refractivity contribution in [1.29, 1.82) is 0 Å². The zero-order valence-electron chi connectivity index (χ0n) is 6.76. The van der Waals surface area contributed by atoms with E-state index in [0.29, 0.717) is 18.5 Å². The predicted molar refractivity (Wildman–Crippen MR) is 46.9 cm³/mol. The number of aromatic nitrogens is 1. The molecule has 1 aromatic rings. The summed E-state index contributed by atoms with van der Waals surface area (Å²) in [6.07, 6.45) is 3.33. The van der Waals surface area contributed by atoms with Crippen LogP contribution in [0.25, 0.3) is 5.57 Å². The van der Waals surface area contributed by atoms with Gasteiger partial charge in [0.05, 0.1) is 6.20 Å². The molecule has 0 saturated heterocycles. The van der Waals surface area contributed by atoms with Crippen LogP contribution in [0.2, 0.25) is 0 Å². The summed E-state index contributed by atoms with van der Waals surface area (Å²) in [5.74, 6) is -0.337. The number of nitrogens with two attached hydrogens (primary N) is 1. The minimum Gasteiger partial charge on any atom is -0.330 e. The second-order valence-corrected chi connectivity index (χ2v) is 2.50. The Morgan fingerprint density at radius 2 is 2.42 bits per heavy atom. The second kappa shape index (κ2) is 3.97.